The third-order valence-electron chi connectivity index (χ3n) is 2.32. The van der Waals surface area contributed by atoms with E-state index >= 15 is 0 Å². The highest BCUT2D eigenvalue weighted by atomic mass is 16.5. The second-order valence-corrected chi connectivity index (χ2v) is 3.80. The molecule has 1 aromatic rings. The zero-order valence-corrected chi connectivity index (χ0v) is 9.99. The monoisotopic (exact) mass is 222 g/mol. The Balaban J connectivity index is 2.94. The summed E-state index contributed by atoms with van der Waals surface area (Å²) in [6.07, 6.45) is 0. The van der Waals surface area contributed by atoms with Crippen LogP contribution in [0.25, 0.3) is 0 Å². The predicted molar refractivity (Wildman–Crippen MR) is 64.4 cm³/mol. The molecule has 4 heteroatoms. The minimum absolute atomic E-state index is 0.316. The standard InChI is InChI=1S/C12H18N2O2/c1-13-7-10-4-5-11(8-16-9-15)12(6-10)14(2)3/h4-6,9,13H,7-8H2,1-3H3. The Morgan fingerprint density at radius 1 is 1.44 bits per heavy atom. The summed E-state index contributed by atoms with van der Waals surface area (Å²) in [5.41, 5.74) is 3.30. The lowest BCUT2D eigenvalue weighted by Gasteiger charge is -2.18. The number of ether oxygens (including phenoxy) is 1. The molecule has 16 heavy (non-hydrogen) atoms. The van der Waals surface area contributed by atoms with Gasteiger partial charge in [-0.15, -0.1) is 0 Å². The fraction of sp³-hybridized carbons (Fsp3) is 0.417. The van der Waals surface area contributed by atoms with E-state index in [1.54, 1.807) is 0 Å². The first-order valence-electron chi connectivity index (χ1n) is 5.18. The smallest absolute Gasteiger partial charge is 0.293 e. The van der Waals surface area contributed by atoms with Gasteiger partial charge < -0.3 is 15.0 Å². The normalized spacial score (nSPS) is 9.94. The summed E-state index contributed by atoms with van der Waals surface area (Å²) in [7, 11) is 5.87. The molecule has 0 saturated heterocycles. The minimum Gasteiger partial charge on any atom is -0.463 e. The number of hydrogen-bond donors (Lipinski definition) is 1. The number of benzene rings is 1. The summed E-state index contributed by atoms with van der Waals surface area (Å²) in [6, 6.07) is 6.12. The van der Waals surface area contributed by atoms with Gasteiger partial charge in [0.15, 0.2) is 0 Å². The lowest BCUT2D eigenvalue weighted by molar-refractivity contribution is -0.129. The maximum absolute atomic E-state index is 10.2. The van der Waals surface area contributed by atoms with Crippen LogP contribution in [0, 0.1) is 0 Å². The molecule has 0 spiro atoms. The molecular formula is C12H18N2O2. The van der Waals surface area contributed by atoms with E-state index in [0.29, 0.717) is 13.1 Å². The number of carbonyl (C=O) groups excluding carboxylic acids is 1. The molecule has 0 aliphatic rings. The van der Waals surface area contributed by atoms with E-state index in [1.807, 2.05) is 38.2 Å². The molecule has 0 fully saturated rings. The van der Waals surface area contributed by atoms with Gasteiger partial charge in [0.05, 0.1) is 0 Å². The van der Waals surface area contributed by atoms with Gasteiger partial charge in [-0.3, -0.25) is 4.79 Å². The quantitative estimate of drug-likeness (QED) is 0.733. The molecule has 0 radical (unpaired) electrons. The molecule has 1 rings (SSSR count). The number of nitrogens with one attached hydrogen (secondary N) is 1. The van der Waals surface area contributed by atoms with Crippen LogP contribution < -0.4 is 10.2 Å². The van der Waals surface area contributed by atoms with Crippen molar-refractivity contribution >= 4 is 12.2 Å². The molecule has 1 N–H and O–H groups in total. The Bertz CT molecular complexity index is 351. The maximum atomic E-state index is 10.2. The van der Waals surface area contributed by atoms with Crippen molar-refractivity contribution < 1.29 is 9.53 Å². The van der Waals surface area contributed by atoms with Gasteiger partial charge in [-0.2, -0.15) is 0 Å². The molecule has 0 aliphatic heterocycles. The van der Waals surface area contributed by atoms with Crippen molar-refractivity contribution in [2.45, 2.75) is 13.2 Å². The first-order valence-corrected chi connectivity index (χ1v) is 5.18. The zero-order chi connectivity index (χ0) is 12.0. The second-order valence-electron chi connectivity index (χ2n) is 3.80. The highest BCUT2D eigenvalue weighted by molar-refractivity contribution is 5.55. The molecule has 88 valence electrons. The molecule has 0 amide bonds. The van der Waals surface area contributed by atoms with Gasteiger partial charge in [-0.1, -0.05) is 12.1 Å². The van der Waals surface area contributed by atoms with Gasteiger partial charge >= 0.3 is 0 Å². The third-order valence-corrected chi connectivity index (χ3v) is 2.32. The highest BCUT2D eigenvalue weighted by Gasteiger charge is 2.06. The predicted octanol–water partition coefficient (Wildman–Crippen LogP) is 1.14. The molecule has 0 bridgehead atoms. The molecule has 0 unspecified atom stereocenters. The molecule has 1 aromatic carbocycles. The van der Waals surface area contributed by atoms with E-state index in [1.165, 1.54) is 5.56 Å². The Morgan fingerprint density at radius 2 is 2.19 bits per heavy atom. The molecule has 0 aliphatic carbocycles. The molecule has 4 nitrogen and oxygen atoms in total. The first-order chi connectivity index (χ1) is 7.69. The Kier molecular flexibility index (Phi) is 4.79. The van der Waals surface area contributed by atoms with Gasteiger partial charge in [0, 0.05) is 31.9 Å². The van der Waals surface area contributed by atoms with Crippen LogP contribution in [0.1, 0.15) is 11.1 Å². The molecule has 0 aromatic heterocycles. The number of anilines is 1. The number of rotatable bonds is 6. The fourth-order valence-corrected chi connectivity index (χ4v) is 1.59. The van der Waals surface area contributed by atoms with Crippen molar-refractivity contribution in [3.8, 4) is 0 Å². The van der Waals surface area contributed by atoms with Crippen LogP contribution in [0.2, 0.25) is 0 Å². The molecule has 0 saturated carbocycles. The van der Waals surface area contributed by atoms with Crippen molar-refractivity contribution in [3.05, 3.63) is 29.3 Å². The van der Waals surface area contributed by atoms with Crippen molar-refractivity contribution in [2.75, 3.05) is 26.0 Å². The van der Waals surface area contributed by atoms with E-state index < -0.39 is 0 Å². The van der Waals surface area contributed by atoms with Gasteiger partial charge in [-0.25, -0.2) is 0 Å². The molecular weight excluding hydrogens is 204 g/mol. The number of carbonyl (C=O) groups is 1. The van der Waals surface area contributed by atoms with E-state index in [0.717, 1.165) is 17.8 Å². The van der Waals surface area contributed by atoms with Crippen LogP contribution in [-0.2, 0) is 22.7 Å². The second kappa shape index (κ2) is 6.12. The van der Waals surface area contributed by atoms with Crippen LogP contribution in [0.4, 0.5) is 5.69 Å². The van der Waals surface area contributed by atoms with E-state index in [-0.39, 0.29) is 0 Å². The van der Waals surface area contributed by atoms with Crippen LogP contribution in [0.3, 0.4) is 0 Å². The first kappa shape index (κ1) is 12.5. The zero-order valence-electron chi connectivity index (χ0n) is 9.99. The number of nitrogens with zero attached hydrogens (tertiary/aromatic N) is 1. The summed E-state index contributed by atoms with van der Waals surface area (Å²) < 4.78 is 4.79. The van der Waals surface area contributed by atoms with Crippen LogP contribution >= 0.6 is 0 Å². The summed E-state index contributed by atoms with van der Waals surface area (Å²) in [5, 5.41) is 3.11. The van der Waals surface area contributed by atoms with Gasteiger partial charge in [0.25, 0.3) is 6.47 Å². The average Bonchev–Trinajstić information content (AvgIpc) is 2.27. The lowest BCUT2D eigenvalue weighted by atomic mass is 10.1. The Hall–Kier alpha value is -1.55. The van der Waals surface area contributed by atoms with E-state index in [9.17, 15) is 4.79 Å². The van der Waals surface area contributed by atoms with Crippen LogP contribution in [-0.4, -0.2) is 27.6 Å². The minimum atomic E-state index is 0.316. The van der Waals surface area contributed by atoms with Crippen molar-refractivity contribution in [1.29, 1.82) is 0 Å². The molecule has 0 heterocycles. The van der Waals surface area contributed by atoms with E-state index in [2.05, 4.69) is 11.4 Å². The molecule has 0 atom stereocenters. The van der Waals surface area contributed by atoms with E-state index in [4.69, 9.17) is 4.74 Å². The topological polar surface area (TPSA) is 41.6 Å². The fourth-order valence-electron chi connectivity index (χ4n) is 1.59. The van der Waals surface area contributed by atoms with Crippen LogP contribution in [0.5, 0.6) is 0 Å². The SMILES string of the molecule is CNCc1ccc(COC=O)c(N(C)C)c1. The van der Waals surface area contributed by atoms with Crippen LogP contribution in [0.15, 0.2) is 18.2 Å². The van der Waals surface area contributed by atoms with Crippen molar-refractivity contribution in [3.63, 3.8) is 0 Å². The lowest BCUT2D eigenvalue weighted by Crippen LogP contribution is -2.13. The van der Waals surface area contributed by atoms with Gasteiger partial charge in [0.1, 0.15) is 6.61 Å². The average molecular weight is 222 g/mol. The van der Waals surface area contributed by atoms with Crippen molar-refractivity contribution in [2.24, 2.45) is 0 Å². The third kappa shape index (κ3) is 3.24. The summed E-state index contributed by atoms with van der Waals surface area (Å²) in [4.78, 5) is 12.2. The summed E-state index contributed by atoms with van der Waals surface area (Å²) >= 11 is 0. The Labute approximate surface area is 96.2 Å². The summed E-state index contributed by atoms with van der Waals surface area (Å²) in [5.74, 6) is 0. The Morgan fingerprint density at radius 3 is 2.75 bits per heavy atom. The van der Waals surface area contributed by atoms with Gasteiger partial charge in [0.2, 0.25) is 0 Å². The van der Waals surface area contributed by atoms with Crippen molar-refractivity contribution in [1.82, 2.24) is 5.32 Å². The largest absolute Gasteiger partial charge is 0.463 e. The summed E-state index contributed by atoms with van der Waals surface area (Å²) in [6.45, 7) is 1.62. The highest BCUT2D eigenvalue weighted by Crippen LogP contribution is 2.21. The number of hydrogen-bond acceptors (Lipinski definition) is 4. The van der Waals surface area contributed by atoms with Gasteiger partial charge in [-0.05, 0) is 18.7 Å². The maximum Gasteiger partial charge on any atom is 0.293 e.